The van der Waals surface area contributed by atoms with E-state index in [-0.39, 0.29) is 0 Å². The van der Waals surface area contributed by atoms with E-state index in [1.165, 1.54) is 12.4 Å². The van der Waals surface area contributed by atoms with Gasteiger partial charge in [0.2, 0.25) is 0 Å². The first kappa shape index (κ1) is 8.50. The topological polar surface area (TPSA) is 55.7 Å². The van der Waals surface area contributed by atoms with E-state index in [1.54, 1.807) is 12.4 Å². The number of carbonyl (C=O) groups is 1. The highest BCUT2D eigenvalue weighted by molar-refractivity contribution is 5.73. The molecule has 0 fully saturated rings. The second-order valence-electron chi connectivity index (χ2n) is 2.70. The molecule has 0 unspecified atom stereocenters. The third-order valence-electron chi connectivity index (χ3n) is 1.73. The molecule has 0 amide bonds. The lowest BCUT2D eigenvalue weighted by Crippen LogP contribution is -1.91. The minimum atomic E-state index is 0.470. The quantitative estimate of drug-likeness (QED) is 0.662. The van der Waals surface area contributed by atoms with E-state index in [4.69, 9.17) is 0 Å². The first-order valence-electron chi connectivity index (χ1n) is 4.08. The third-order valence-corrected chi connectivity index (χ3v) is 1.73. The summed E-state index contributed by atoms with van der Waals surface area (Å²) in [6, 6.07) is 3.68. The van der Waals surface area contributed by atoms with Crippen molar-refractivity contribution in [2.75, 3.05) is 0 Å². The molecule has 0 atom stereocenters. The van der Waals surface area contributed by atoms with Crippen LogP contribution < -0.4 is 0 Å². The summed E-state index contributed by atoms with van der Waals surface area (Å²) in [5, 5.41) is 0. The molecular weight excluding hydrogens is 178 g/mol. The lowest BCUT2D eigenvalue weighted by Gasteiger charge is -1.97. The van der Waals surface area contributed by atoms with E-state index in [9.17, 15) is 4.79 Å². The summed E-state index contributed by atoms with van der Waals surface area (Å²) in [6.07, 6.45) is 7.05. The molecule has 0 aliphatic carbocycles. The minimum Gasteiger partial charge on any atom is -0.298 e. The molecule has 4 heteroatoms. The Morgan fingerprint density at radius 3 is 2.50 bits per heavy atom. The Balaban J connectivity index is 2.39. The lowest BCUT2D eigenvalue weighted by molar-refractivity contribution is 0.112. The van der Waals surface area contributed by atoms with Crippen LogP contribution in [0.3, 0.4) is 0 Å². The summed E-state index contributed by atoms with van der Waals surface area (Å²) in [7, 11) is 0. The van der Waals surface area contributed by atoms with Crippen LogP contribution in [0.4, 0.5) is 0 Å². The van der Waals surface area contributed by atoms with Crippen LogP contribution in [0.25, 0.3) is 11.4 Å². The number of aromatic nitrogens is 3. The van der Waals surface area contributed by atoms with Crippen molar-refractivity contribution in [1.82, 2.24) is 15.0 Å². The third kappa shape index (κ3) is 1.64. The van der Waals surface area contributed by atoms with Crippen molar-refractivity contribution in [2.24, 2.45) is 0 Å². The molecule has 0 aliphatic heterocycles. The second-order valence-corrected chi connectivity index (χ2v) is 2.70. The maximum atomic E-state index is 10.4. The summed E-state index contributed by atoms with van der Waals surface area (Å²) in [6.45, 7) is 0. The zero-order valence-corrected chi connectivity index (χ0v) is 7.29. The highest BCUT2D eigenvalue weighted by atomic mass is 16.1. The van der Waals surface area contributed by atoms with Crippen LogP contribution in [-0.2, 0) is 0 Å². The molecule has 0 spiro atoms. The second kappa shape index (κ2) is 3.74. The van der Waals surface area contributed by atoms with Gasteiger partial charge in [0.25, 0.3) is 0 Å². The Bertz CT molecular complexity index is 425. The SMILES string of the molecule is O=Cc1cnc(-c2cccnc2)nc1. The maximum Gasteiger partial charge on any atom is 0.160 e. The Labute approximate surface area is 80.7 Å². The number of aldehydes is 1. The van der Waals surface area contributed by atoms with E-state index in [2.05, 4.69) is 15.0 Å². The monoisotopic (exact) mass is 185 g/mol. The molecule has 0 saturated carbocycles. The number of nitrogens with zero attached hydrogens (tertiary/aromatic N) is 3. The standard InChI is InChI=1S/C10H7N3O/c14-7-8-4-12-10(13-5-8)9-2-1-3-11-6-9/h1-7H. The van der Waals surface area contributed by atoms with Crippen LogP contribution in [0, 0.1) is 0 Å². The van der Waals surface area contributed by atoms with Gasteiger partial charge in [0, 0.05) is 30.4 Å². The first-order valence-corrected chi connectivity index (χ1v) is 4.08. The lowest BCUT2D eigenvalue weighted by atomic mass is 10.2. The van der Waals surface area contributed by atoms with Gasteiger partial charge < -0.3 is 0 Å². The van der Waals surface area contributed by atoms with Crippen LogP contribution in [0.2, 0.25) is 0 Å². The zero-order valence-electron chi connectivity index (χ0n) is 7.29. The van der Waals surface area contributed by atoms with Crippen molar-refractivity contribution >= 4 is 6.29 Å². The molecule has 2 heterocycles. The predicted octanol–water partition coefficient (Wildman–Crippen LogP) is 1.35. The van der Waals surface area contributed by atoms with Crippen molar-refractivity contribution in [3.8, 4) is 11.4 Å². The largest absolute Gasteiger partial charge is 0.298 e. The van der Waals surface area contributed by atoms with E-state index in [0.29, 0.717) is 17.7 Å². The summed E-state index contributed by atoms with van der Waals surface area (Å²) in [5.74, 6) is 0.573. The van der Waals surface area contributed by atoms with Crippen LogP contribution in [0.1, 0.15) is 10.4 Å². The predicted molar refractivity (Wildman–Crippen MR) is 50.7 cm³/mol. The van der Waals surface area contributed by atoms with E-state index in [0.717, 1.165) is 5.56 Å². The summed E-state index contributed by atoms with van der Waals surface area (Å²) in [4.78, 5) is 22.4. The number of carbonyl (C=O) groups excluding carboxylic acids is 1. The van der Waals surface area contributed by atoms with Crippen LogP contribution in [0.15, 0.2) is 36.9 Å². The van der Waals surface area contributed by atoms with E-state index >= 15 is 0 Å². The number of pyridine rings is 1. The highest BCUT2D eigenvalue weighted by Gasteiger charge is 1.99. The van der Waals surface area contributed by atoms with Crippen molar-refractivity contribution in [3.05, 3.63) is 42.5 Å². The normalized spacial score (nSPS) is 9.71. The van der Waals surface area contributed by atoms with E-state index in [1.807, 2.05) is 12.1 Å². The molecule has 14 heavy (non-hydrogen) atoms. The number of rotatable bonds is 2. The molecule has 2 rings (SSSR count). The Hall–Kier alpha value is -2.10. The average molecular weight is 185 g/mol. The fraction of sp³-hybridized carbons (Fsp3) is 0. The Morgan fingerprint density at radius 2 is 1.93 bits per heavy atom. The Kier molecular flexibility index (Phi) is 2.27. The van der Waals surface area contributed by atoms with Gasteiger partial charge in [-0.3, -0.25) is 9.78 Å². The first-order chi connectivity index (χ1) is 6.90. The maximum absolute atomic E-state index is 10.4. The molecule has 68 valence electrons. The Morgan fingerprint density at radius 1 is 1.14 bits per heavy atom. The molecular formula is C10H7N3O. The van der Waals surface area contributed by atoms with Gasteiger partial charge in [0.1, 0.15) is 0 Å². The molecule has 0 bridgehead atoms. The smallest absolute Gasteiger partial charge is 0.160 e. The molecule has 2 aromatic rings. The molecule has 0 N–H and O–H groups in total. The molecule has 2 aromatic heterocycles. The van der Waals surface area contributed by atoms with Gasteiger partial charge in [0.05, 0.1) is 5.56 Å². The molecule has 4 nitrogen and oxygen atoms in total. The van der Waals surface area contributed by atoms with Gasteiger partial charge in [0.15, 0.2) is 12.1 Å². The van der Waals surface area contributed by atoms with Crippen molar-refractivity contribution in [2.45, 2.75) is 0 Å². The van der Waals surface area contributed by atoms with Gasteiger partial charge >= 0.3 is 0 Å². The molecule has 0 radical (unpaired) electrons. The van der Waals surface area contributed by atoms with Crippen molar-refractivity contribution < 1.29 is 4.79 Å². The van der Waals surface area contributed by atoms with Crippen molar-refractivity contribution in [1.29, 1.82) is 0 Å². The average Bonchev–Trinajstić information content (AvgIpc) is 2.30. The summed E-state index contributed by atoms with van der Waals surface area (Å²) in [5.41, 5.74) is 1.31. The van der Waals surface area contributed by atoms with Crippen LogP contribution in [0.5, 0.6) is 0 Å². The van der Waals surface area contributed by atoms with Gasteiger partial charge in [-0.1, -0.05) is 0 Å². The van der Waals surface area contributed by atoms with Gasteiger partial charge in [-0.2, -0.15) is 0 Å². The zero-order chi connectivity index (χ0) is 9.80. The van der Waals surface area contributed by atoms with Crippen molar-refractivity contribution in [3.63, 3.8) is 0 Å². The van der Waals surface area contributed by atoms with Gasteiger partial charge in [-0.25, -0.2) is 9.97 Å². The van der Waals surface area contributed by atoms with Crippen LogP contribution >= 0.6 is 0 Å². The fourth-order valence-electron chi connectivity index (χ4n) is 1.04. The molecule has 0 saturated heterocycles. The molecule has 0 aromatic carbocycles. The summed E-state index contributed by atoms with van der Waals surface area (Å²) >= 11 is 0. The number of hydrogen-bond donors (Lipinski definition) is 0. The molecule has 0 aliphatic rings. The van der Waals surface area contributed by atoms with E-state index < -0.39 is 0 Å². The summed E-state index contributed by atoms with van der Waals surface area (Å²) < 4.78 is 0. The van der Waals surface area contributed by atoms with Gasteiger partial charge in [-0.15, -0.1) is 0 Å². The fourth-order valence-corrected chi connectivity index (χ4v) is 1.04. The number of hydrogen-bond acceptors (Lipinski definition) is 4. The van der Waals surface area contributed by atoms with Crippen LogP contribution in [-0.4, -0.2) is 21.2 Å². The van der Waals surface area contributed by atoms with Gasteiger partial charge in [-0.05, 0) is 12.1 Å². The minimum absolute atomic E-state index is 0.470. The highest BCUT2D eigenvalue weighted by Crippen LogP contribution is 2.10.